The van der Waals surface area contributed by atoms with E-state index in [9.17, 15) is 9.59 Å². The van der Waals surface area contributed by atoms with Crippen molar-refractivity contribution in [3.05, 3.63) is 31.2 Å². The summed E-state index contributed by atoms with van der Waals surface area (Å²) in [4.78, 5) is 24.9. The molecule has 1 aromatic carbocycles. The van der Waals surface area contributed by atoms with Crippen LogP contribution in [-0.4, -0.2) is 25.2 Å². The van der Waals surface area contributed by atoms with Crippen LogP contribution in [0.2, 0.25) is 20.1 Å². The van der Waals surface area contributed by atoms with Gasteiger partial charge in [-0.25, -0.2) is 9.59 Å². The van der Waals surface area contributed by atoms with Crippen molar-refractivity contribution in [2.45, 2.75) is 52.4 Å². The van der Waals surface area contributed by atoms with Gasteiger partial charge in [0, 0.05) is 0 Å². The number of hydrogen-bond acceptors (Lipinski definition) is 4. The molecule has 0 aliphatic carbocycles. The zero-order valence-electron chi connectivity index (χ0n) is 14.8. The Morgan fingerprint density at radius 2 is 1.00 bits per heavy atom. The third-order valence-corrected chi connectivity index (χ3v) is 5.44. The van der Waals surface area contributed by atoms with Crippen LogP contribution in [0.4, 0.5) is 0 Å². The average molecular weight is 444 g/mol. The van der Waals surface area contributed by atoms with Crippen molar-refractivity contribution in [2.24, 2.45) is 0 Å². The Morgan fingerprint density at radius 3 is 1.31 bits per heavy atom. The van der Waals surface area contributed by atoms with E-state index in [2.05, 4.69) is 0 Å². The zero-order valence-corrected chi connectivity index (χ0v) is 17.8. The minimum absolute atomic E-state index is 0.110. The van der Waals surface area contributed by atoms with Gasteiger partial charge in [0.05, 0.1) is 44.4 Å². The molecule has 8 heteroatoms. The molecule has 26 heavy (non-hydrogen) atoms. The maximum atomic E-state index is 12.5. The van der Waals surface area contributed by atoms with Gasteiger partial charge in [-0.3, -0.25) is 0 Å². The Morgan fingerprint density at radius 1 is 0.654 bits per heavy atom. The van der Waals surface area contributed by atoms with Crippen molar-refractivity contribution in [3.8, 4) is 0 Å². The quantitative estimate of drug-likeness (QED) is 0.169. The molecule has 0 aliphatic heterocycles. The third-order valence-electron chi connectivity index (χ3n) is 3.64. The lowest BCUT2D eigenvalue weighted by molar-refractivity contribution is 0.0451. The van der Waals surface area contributed by atoms with Gasteiger partial charge in [0.1, 0.15) is 0 Å². The van der Waals surface area contributed by atoms with Crippen molar-refractivity contribution >= 4 is 58.3 Å². The molecular formula is C18H22Cl4O4. The monoisotopic (exact) mass is 442 g/mol. The lowest BCUT2D eigenvalue weighted by atomic mass is 10.1. The Bertz CT molecular complexity index is 592. The standard InChI is InChI=1S/C18H22Cl4O4/c1-3-5-7-9-25-17(23)11-12(18(24)26-10-8-6-4-2)14(20)16(22)15(21)13(11)19/h3-10H2,1-2H3. The van der Waals surface area contributed by atoms with E-state index in [-0.39, 0.29) is 44.4 Å². The topological polar surface area (TPSA) is 52.6 Å². The van der Waals surface area contributed by atoms with Gasteiger partial charge >= 0.3 is 11.9 Å². The maximum Gasteiger partial charge on any atom is 0.340 e. The van der Waals surface area contributed by atoms with E-state index in [1.54, 1.807) is 0 Å². The molecule has 0 bridgehead atoms. The molecule has 0 N–H and O–H groups in total. The largest absolute Gasteiger partial charge is 0.462 e. The third kappa shape index (κ3) is 6.19. The van der Waals surface area contributed by atoms with Crippen molar-refractivity contribution in [3.63, 3.8) is 0 Å². The lowest BCUT2D eigenvalue weighted by Gasteiger charge is -2.15. The predicted molar refractivity (Wildman–Crippen MR) is 106 cm³/mol. The van der Waals surface area contributed by atoms with Crippen LogP contribution < -0.4 is 0 Å². The Labute approximate surface area is 174 Å². The second-order valence-corrected chi connectivity index (χ2v) is 7.20. The number of rotatable bonds is 10. The summed E-state index contributed by atoms with van der Waals surface area (Å²) in [5.41, 5.74) is -0.439. The summed E-state index contributed by atoms with van der Waals surface area (Å²) in [5, 5.41) is -0.577. The molecule has 0 spiro atoms. The van der Waals surface area contributed by atoms with Crippen molar-refractivity contribution in [1.29, 1.82) is 0 Å². The normalized spacial score (nSPS) is 10.7. The molecule has 0 saturated carbocycles. The molecule has 0 fully saturated rings. The van der Waals surface area contributed by atoms with E-state index in [0.717, 1.165) is 25.7 Å². The van der Waals surface area contributed by atoms with Crippen molar-refractivity contribution in [1.82, 2.24) is 0 Å². The number of ether oxygens (including phenoxy) is 2. The van der Waals surface area contributed by atoms with Crippen molar-refractivity contribution < 1.29 is 19.1 Å². The van der Waals surface area contributed by atoms with Gasteiger partial charge < -0.3 is 9.47 Å². The van der Waals surface area contributed by atoms with E-state index in [4.69, 9.17) is 55.9 Å². The van der Waals surface area contributed by atoms with E-state index >= 15 is 0 Å². The van der Waals surface area contributed by atoms with Gasteiger partial charge in [0.2, 0.25) is 0 Å². The molecule has 0 unspecified atom stereocenters. The van der Waals surface area contributed by atoms with Crippen LogP contribution >= 0.6 is 46.4 Å². The molecule has 0 saturated heterocycles. The van der Waals surface area contributed by atoms with Crippen LogP contribution in [0.1, 0.15) is 73.1 Å². The molecule has 1 aromatic rings. The number of carbonyl (C=O) groups is 2. The zero-order chi connectivity index (χ0) is 19.7. The van der Waals surface area contributed by atoms with Gasteiger partial charge in [-0.15, -0.1) is 0 Å². The molecular weight excluding hydrogens is 422 g/mol. The van der Waals surface area contributed by atoms with E-state index in [1.807, 2.05) is 13.8 Å². The average Bonchev–Trinajstić information content (AvgIpc) is 2.63. The summed E-state index contributed by atoms with van der Waals surface area (Å²) >= 11 is 24.4. The summed E-state index contributed by atoms with van der Waals surface area (Å²) in [6.07, 6.45) is 5.18. The van der Waals surface area contributed by atoms with E-state index in [0.29, 0.717) is 12.8 Å². The smallest absolute Gasteiger partial charge is 0.340 e. The number of benzene rings is 1. The minimum Gasteiger partial charge on any atom is -0.462 e. The van der Waals surface area contributed by atoms with Crippen LogP contribution in [0.15, 0.2) is 0 Å². The fourth-order valence-corrected chi connectivity index (χ4v) is 3.20. The Balaban J connectivity index is 3.13. The molecule has 0 heterocycles. The van der Waals surface area contributed by atoms with Crippen molar-refractivity contribution in [2.75, 3.05) is 13.2 Å². The van der Waals surface area contributed by atoms with E-state index in [1.165, 1.54) is 0 Å². The highest BCUT2D eigenvalue weighted by Crippen LogP contribution is 2.42. The first-order valence-electron chi connectivity index (χ1n) is 8.56. The van der Waals surface area contributed by atoms with Crippen LogP contribution in [0.25, 0.3) is 0 Å². The molecule has 1 rings (SSSR count). The van der Waals surface area contributed by atoms with Crippen LogP contribution in [-0.2, 0) is 9.47 Å². The second-order valence-electron chi connectivity index (χ2n) is 5.69. The minimum atomic E-state index is -0.785. The maximum absolute atomic E-state index is 12.5. The molecule has 0 aliphatic rings. The molecule has 4 nitrogen and oxygen atoms in total. The summed E-state index contributed by atoms with van der Waals surface area (Å²) < 4.78 is 10.4. The highest BCUT2D eigenvalue weighted by atomic mass is 35.5. The fraction of sp³-hybridized carbons (Fsp3) is 0.556. The summed E-state index contributed by atoms with van der Waals surface area (Å²) in [5.74, 6) is -1.57. The van der Waals surface area contributed by atoms with Crippen LogP contribution in [0.3, 0.4) is 0 Å². The Hall–Kier alpha value is -0.680. The number of hydrogen-bond donors (Lipinski definition) is 0. The summed E-state index contributed by atoms with van der Waals surface area (Å²) in [6, 6.07) is 0. The Kier molecular flexibility index (Phi) is 10.7. The molecule has 0 amide bonds. The SMILES string of the molecule is CCCCCOC(=O)c1c(Cl)c(Cl)c(Cl)c(Cl)c1C(=O)OCCCCC. The van der Waals surface area contributed by atoms with Crippen LogP contribution in [0, 0.1) is 0 Å². The molecule has 146 valence electrons. The van der Waals surface area contributed by atoms with Crippen LogP contribution in [0.5, 0.6) is 0 Å². The lowest BCUT2D eigenvalue weighted by Crippen LogP contribution is -2.17. The second kappa shape index (κ2) is 11.9. The first kappa shape index (κ1) is 23.4. The molecule has 0 atom stereocenters. The number of esters is 2. The summed E-state index contributed by atoms with van der Waals surface area (Å²) in [7, 11) is 0. The molecule has 0 aromatic heterocycles. The number of carbonyl (C=O) groups excluding carboxylic acids is 2. The molecule has 0 radical (unpaired) electrons. The van der Waals surface area contributed by atoms with E-state index < -0.39 is 11.9 Å². The number of unbranched alkanes of at least 4 members (excludes halogenated alkanes) is 4. The predicted octanol–water partition coefficient (Wildman–Crippen LogP) is 6.99. The van der Waals surface area contributed by atoms with Gasteiger partial charge in [0.25, 0.3) is 0 Å². The van der Waals surface area contributed by atoms with Gasteiger partial charge in [-0.2, -0.15) is 0 Å². The highest BCUT2D eigenvalue weighted by molar-refractivity contribution is 6.54. The highest BCUT2D eigenvalue weighted by Gasteiger charge is 2.30. The van der Waals surface area contributed by atoms with Gasteiger partial charge in [-0.05, 0) is 12.8 Å². The first-order valence-corrected chi connectivity index (χ1v) is 10.1. The summed E-state index contributed by atoms with van der Waals surface area (Å²) in [6.45, 7) is 4.46. The number of halogens is 4. The first-order chi connectivity index (χ1) is 12.4. The van der Waals surface area contributed by atoms with Gasteiger partial charge in [-0.1, -0.05) is 85.9 Å². The van der Waals surface area contributed by atoms with Gasteiger partial charge in [0.15, 0.2) is 0 Å². The fourth-order valence-electron chi connectivity index (χ4n) is 2.19.